The summed E-state index contributed by atoms with van der Waals surface area (Å²) in [5.41, 5.74) is 22.9. The molecule has 0 spiro atoms. The number of ether oxygens (including phenoxy) is 2. The van der Waals surface area contributed by atoms with E-state index in [9.17, 15) is 96.8 Å². The van der Waals surface area contributed by atoms with E-state index in [1.165, 1.54) is 0 Å². The van der Waals surface area contributed by atoms with Crippen molar-refractivity contribution in [2.24, 2.45) is 22.9 Å². The Kier molecular flexibility index (Phi) is 35.6. The van der Waals surface area contributed by atoms with Crippen LogP contribution in [0.2, 0.25) is 0 Å². The molecule has 15 amide bonds. The van der Waals surface area contributed by atoms with Gasteiger partial charge in [0.05, 0.1) is 31.8 Å². The lowest BCUT2D eigenvalue weighted by Crippen LogP contribution is -2.61. The van der Waals surface area contributed by atoms with E-state index in [-0.39, 0.29) is 64.8 Å². The molecule has 522 valence electrons. The first-order chi connectivity index (χ1) is 44.8. The van der Waals surface area contributed by atoms with E-state index in [1.54, 1.807) is 60.7 Å². The van der Waals surface area contributed by atoms with Gasteiger partial charge in [0.25, 0.3) is 0 Å². The fraction of sp³-hybridized carbons (Fsp3) is 0.500. The zero-order valence-electron chi connectivity index (χ0n) is 52.3. The molecule has 2 aromatic rings. The maximum Gasteiger partial charge on any atom is 0.407 e. The molecule has 0 radical (unpaired) electrons. The third kappa shape index (κ3) is 33.2. The van der Waals surface area contributed by atoms with E-state index >= 15 is 0 Å². The molecular formula is C58H83N15O22. The summed E-state index contributed by atoms with van der Waals surface area (Å²) in [6, 6.07) is 0.981. The van der Waals surface area contributed by atoms with Crippen LogP contribution in [0, 0.1) is 0 Å². The minimum absolute atomic E-state index is 0.00242. The molecule has 0 aliphatic carbocycles. The Balaban J connectivity index is 2.18. The van der Waals surface area contributed by atoms with Crippen molar-refractivity contribution in [3.8, 4) is 0 Å². The van der Waals surface area contributed by atoms with Crippen LogP contribution in [0.4, 0.5) is 9.59 Å². The van der Waals surface area contributed by atoms with Crippen molar-refractivity contribution in [3.63, 3.8) is 0 Å². The van der Waals surface area contributed by atoms with Crippen molar-refractivity contribution in [1.82, 2.24) is 58.5 Å². The first kappa shape index (κ1) is 80.1. The first-order valence-corrected chi connectivity index (χ1v) is 29.6. The molecule has 95 heavy (non-hydrogen) atoms. The van der Waals surface area contributed by atoms with Crippen molar-refractivity contribution >= 4 is 101 Å². The molecule has 0 saturated carbocycles. The number of unbranched alkanes of at least 4 members (excludes halogenated alkanes) is 2. The van der Waals surface area contributed by atoms with Gasteiger partial charge in [-0.05, 0) is 69.9 Å². The minimum atomic E-state index is -2.14. The number of nitrogens with one attached hydrogen (secondary N) is 11. The Labute approximate surface area is 543 Å². The second-order valence-corrected chi connectivity index (χ2v) is 21.5. The number of hydrogen-bond acceptors (Lipinski definition) is 20. The number of primary amides is 4. The van der Waals surface area contributed by atoms with Crippen LogP contribution in [0.5, 0.6) is 0 Å². The van der Waals surface area contributed by atoms with Gasteiger partial charge < -0.3 is 106 Å². The molecule has 37 heteroatoms. The van der Waals surface area contributed by atoms with Gasteiger partial charge in [0.2, 0.25) is 76.8 Å². The largest absolute Gasteiger partial charge is 0.481 e. The van der Waals surface area contributed by atoms with Gasteiger partial charge in [-0.25, -0.2) is 9.59 Å². The second kappa shape index (κ2) is 42.2. The van der Waals surface area contributed by atoms with Crippen molar-refractivity contribution < 1.29 is 106 Å². The molecule has 0 fully saturated rings. The van der Waals surface area contributed by atoms with Crippen LogP contribution in [0.3, 0.4) is 0 Å². The normalized spacial score (nSPS) is 13.9. The zero-order chi connectivity index (χ0) is 71.3. The van der Waals surface area contributed by atoms with Gasteiger partial charge in [0, 0.05) is 26.4 Å². The number of rotatable bonds is 44. The van der Waals surface area contributed by atoms with Gasteiger partial charge in [0.15, 0.2) is 0 Å². The highest BCUT2D eigenvalue weighted by Gasteiger charge is 2.37. The quantitative estimate of drug-likeness (QED) is 0.0275. The lowest BCUT2D eigenvalue weighted by Gasteiger charge is -2.27. The third-order valence-corrected chi connectivity index (χ3v) is 13.4. The maximum atomic E-state index is 13.8. The van der Waals surface area contributed by atoms with Crippen molar-refractivity contribution in [2.75, 3.05) is 13.1 Å². The number of carbonyl (C=O) groups excluding carboxylic acids is 15. The molecule has 0 aliphatic rings. The average Bonchev–Trinajstić information content (AvgIpc) is 1.10. The van der Waals surface area contributed by atoms with E-state index < -0.39 is 200 Å². The molecular weight excluding hydrogens is 1260 g/mol. The highest BCUT2D eigenvalue weighted by molar-refractivity contribution is 6.01. The Morgan fingerprint density at radius 2 is 0.768 bits per heavy atom. The number of hydrogen-bond donors (Lipinski definition) is 18. The van der Waals surface area contributed by atoms with Crippen LogP contribution in [0.25, 0.3) is 0 Å². The lowest BCUT2D eigenvalue weighted by molar-refractivity contribution is -0.142. The molecule has 2 aromatic carbocycles. The molecule has 0 bridgehead atoms. The van der Waals surface area contributed by atoms with E-state index in [2.05, 4.69) is 47.9 Å². The van der Waals surface area contributed by atoms with Crippen molar-refractivity contribution in [2.45, 2.75) is 172 Å². The Bertz CT molecular complexity index is 3030. The summed E-state index contributed by atoms with van der Waals surface area (Å²) in [5, 5.41) is 54.4. The van der Waals surface area contributed by atoms with Crippen LogP contribution in [0.15, 0.2) is 60.7 Å². The van der Waals surface area contributed by atoms with Crippen LogP contribution in [-0.2, 0) is 94.6 Å². The number of amides is 15. The van der Waals surface area contributed by atoms with E-state index in [1.807, 2.05) is 10.6 Å². The SMILES string of the molecule is CC(=O)N[C@H](CCCCNC(=O)OCc1ccccc1)C(=O)N[C@H](CCC(N)=O)C(=O)N[C@H](CC(=O)O)C(=O)N[C@H](CC(N)=O)C(=O)N[C@H](C)C(=O)N[C@H](CC(N)=O)C(=O)N[C@H](CC(=O)O)C(=O)N[C@@H](C(=O)N[C@H](CCCCNC(=O)OCc1ccccc1)C(N)=O)[C@H](C)O. The second-order valence-electron chi connectivity index (χ2n) is 21.5. The summed E-state index contributed by atoms with van der Waals surface area (Å²) in [7, 11) is 0. The Morgan fingerprint density at radius 3 is 1.16 bits per heavy atom. The number of carboxylic acid groups (broad SMARTS) is 2. The monoisotopic (exact) mass is 1340 g/mol. The van der Waals surface area contributed by atoms with E-state index in [0.717, 1.165) is 31.9 Å². The smallest absolute Gasteiger partial charge is 0.407 e. The van der Waals surface area contributed by atoms with Crippen LogP contribution in [-0.4, -0.2) is 190 Å². The Hall–Kier alpha value is -11.0. The molecule has 0 saturated heterocycles. The minimum Gasteiger partial charge on any atom is -0.481 e. The number of carbonyl (C=O) groups is 17. The summed E-state index contributed by atoms with van der Waals surface area (Å²) in [6.07, 6.45) is -8.13. The number of aliphatic hydroxyl groups is 1. The number of benzene rings is 2. The van der Waals surface area contributed by atoms with E-state index in [4.69, 9.17) is 32.4 Å². The topological polar surface area (TPSA) is 606 Å². The number of carboxylic acids is 2. The summed E-state index contributed by atoms with van der Waals surface area (Å²) in [4.78, 5) is 218. The van der Waals surface area contributed by atoms with Crippen molar-refractivity contribution in [1.29, 1.82) is 0 Å². The number of aliphatic carboxylic acids is 2. The molecule has 0 heterocycles. The molecule has 2 rings (SSSR count). The zero-order valence-corrected chi connectivity index (χ0v) is 52.3. The standard InChI is InChI=1S/C58H83N15O22/c1-30(49(84)69-39(25-44(61)78)53(88)72-41(27-46(81)82)55(90)73-47(31(2)74)56(91)67-35(48(62)83)18-10-12-22-63-57(92)94-28-33-14-6-4-7-15-33)65-52(87)38(24-43(60)77)70-54(89)40(26-45(79)80)71-51(86)37(20-21-42(59)76)68-50(85)36(66-32(3)75)19-11-13-23-64-58(93)95-29-34-16-8-5-9-17-34/h4-9,14-17,30-31,35-41,47,74H,10-13,18-29H2,1-3H3,(H2,59,76)(H2,60,77)(H2,61,78)(H2,62,83)(H,63,92)(H,64,93)(H,65,87)(H,66,75)(H,67,91)(H,68,85)(H,69,84)(H,70,89)(H,71,86)(H,72,88)(H,73,90)(H,79,80)(H,81,82)/t30-,31+,35-,36-,37-,38-,39-,40-,41-,47-/m1/s1. The predicted molar refractivity (Wildman–Crippen MR) is 327 cm³/mol. The highest BCUT2D eigenvalue weighted by atomic mass is 16.6. The summed E-state index contributed by atoms with van der Waals surface area (Å²) < 4.78 is 10.3. The highest BCUT2D eigenvalue weighted by Crippen LogP contribution is 2.10. The molecule has 0 unspecified atom stereocenters. The maximum absolute atomic E-state index is 13.8. The number of aliphatic hydroxyl groups excluding tert-OH is 1. The summed E-state index contributed by atoms with van der Waals surface area (Å²) in [5.74, 6) is -19.2. The van der Waals surface area contributed by atoms with Gasteiger partial charge in [-0.1, -0.05) is 60.7 Å². The fourth-order valence-electron chi connectivity index (χ4n) is 8.51. The fourth-order valence-corrected chi connectivity index (χ4v) is 8.51. The third-order valence-electron chi connectivity index (χ3n) is 13.4. The lowest BCUT2D eigenvalue weighted by atomic mass is 10.0. The average molecular weight is 1340 g/mol. The van der Waals surface area contributed by atoms with Gasteiger partial charge in [-0.3, -0.25) is 71.9 Å². The molecule has 0 aliphatic heterocycles. The van der Waals surface area contributed by atoms with Crippen LogP contribution >= 0.6 is 0 Å². The molecule has 37 nitrogen and oxygen atoms in total. The van der Waals surface area contributed by atoms with Gasteiger partial charge in [-0.2, -0.15) is 0 Å². The van der Waals surface area contributed by atoms with Gasteiger partial charge in [0.1, 0.15) is 67.6 Å². The predicted octanol–water partition coefficient (Wildman–Crippen LogP) is -5.59. The van der Waals surface area contributed by atoms with E-state index in [0.29, 0.717) is 0 Å². The van der Waals surface area contributed by atoms with Gasteiger partial charge >= 0.3 is 24.1 Å². The molecule has 10 atom stereocenters. The summed E-state index contributed by atoms with van der Waals surface area (Å²) in [6.45, 7) is 3.29. The summed E-state index contributed by atoms with van der Waals surface area (Å²) >= 11 is 0. The number of nitrogens with two attached hydrogens (primary N) is 4. The first-order valence-electron chi connectivity index (χ1n) is 29.6. The molecule has 0 aromatic heterocycles. The van der Waals surface area contributed by atoms with Crippen molar-refractivity contribution in [3.05, 3.63) is 71.8 Å². The van der Waals surface area contributed by atoms with Gasteiger partial charge in [-0.15, -0.1) is 0 Å². The molecule has 22 N–H and O–H groups in total. The Morgan fingerprint density at radius 1 is 0.411 bits per heavy atom. The number of alkyl carbamates (subject to hydrolysis) is 2. The van der Waals surface area contributed by atoms with Crippen LogP contribution < -0.4 is 81.4 Å². The van der Waals surface area contributed by atoms with Crippen LogP contribution in [0.1, 0.15) is 109 Å².